The number of rotatable bonds is 6. The number of aryl methyl sites for hydroxylation is 2. The molecular weight excluding hydrogens is 300 g/mol. The van der Waals surface area contributed by atoms with Crippen LogP contribution in [0.5, 0.6) is 0 Å². The molecule has 0 bridgehead atoms. The van der Waals surface area contributed by atoms with Gasteiger partial charge in [0.1, 0.15) is 12.1 Å². The summed E-state index contributed by atoms with van der Waals surface area (Å²) in [6.07, 6.45) is 1.53. The van der Waals surface area contributed by atoms with Crippen molar-refractivity contribution in [3.8, 4) is 0 Å². The van der Waals surface area contributed by atoms with E-state index >= 15 is 0 Å². The summed E-state index contributed by atoms with van der Waals surface area (Å²) in [6.45, 7) is 6.15. The Morgan fingerprint density at radius 1 is 1.32 bits per heavy atom. The fourth-order valence-corrected chi connectivity index (χ4v) is 3.06. The van der Waals surface area contributed by atoms with E-state index in [0.717, 1.165) is 30.3 Å². The summed E-state index contributed by atoms with van der Waals surface area (Å²) < 4.78 is 7.02. The Bertz CT molecular complexity index is 768. The van der Waals surface area contributed by atoms with Crippen LogP contribution in [0.4, 0.5) is 5.82 Å². The molecule has 0 aromatic carbocycles. The lowest BCUT2D eigenvalue weighted by molar-refractivity contribution is 0.204. The molecule has 0 saturated heterocycles. The van der Waals surface area contributed by atoms with Crippen molar-refractivity contribution < 1.29 is 4.74 Å². The van der Waals surface area contributed by atoms with E-state index in [1.165, 1.54) is 11.2 Å². The number of methoxy groups -OCH3 is 1. The third kappa shape index (κ3) is 2.93. The maximum atomic E-state index is 5.25. The standard InChI is InChI=1S/C14H18N6OS/c1-10-6-13(20-14(18-10)15-8-17-20)19(4-5-21-3)7-12-11(2)16-9-22-12/h6,8-9H,4-5,7H2,1-3H3. The Labute approximate surface area is 132 Å². The van der Waals surface area contributed by atoms with E-state index in [9.17, 15) is 0 Å². The Morgan fingerprint density at radius 2 is 2.18 bits per heavy atom. The first-order chi connectivity index (χ1) is 10.7. The van der Waals surface area contributed by atoms with Gasteiger partial charge >= 0.3 is 0 Å². The predicted molar refractivity (Wildman–Crippen MR) is 85.3 cm³/mol. The first-order valence-corrected chi connectivity index (χ1v) is 7.87. The first kappa shape index (κ1) is 14.9. The number of hydrogen-bond acceptors (Lipinski definition) is 7. The predicted octanol–water partition coefficient (Wildman–Crippen LogP) is 1.85. The van der Waals surface area contributed by atoms with Crippen molar-refractivity contribution in [3.05, 3.63) is 34.2 Å². The molecule has 3 heterocycles. The molecule has 0 N–H and O–H groups in total. The summed E-state index contributed by atoms with van der Waals surface area (Å²) in [5.74, 6) is 1.57. The number of anilines is 1. The van der Waals surface area contributed by atoms with Crippen LogP contribution in [-0.2, 0) is 11.3 Å². The molecule has 0 amide bonds. The highest BCUT2D eigenvalue weighted by molar-refractivity contribution is 7.09. The van der Waals surface area contributed by atoms with E-state index in [1.54, 1.807) is 23.0 Å². The molecule has 8 heteroatoms. The fourth-order valence-electron chi connectivity index (χ4n) is 2.26. The van der Waals surface area contributed by atoms with Gasteiger partial charge in [-0.2, -0.15) is 14.6 Å². The molecule has 0 atom stereocenters. The van der Waals surface area contributed by atoms with Gasteiger partial charge in [-0.15, -0.1) is 11.3 Å². The van der Waals surface area contributed by atoms with Gasteiger partial charge < -0.3 is 9.64 Å². The summed E-state index contributed by atoms with van der Waals surface area (Å²) in [7, 11) is 1.71. The Morgan fingerprint density at radius 3 is 2.91 bits per heavy atom. The van der Waals surface area contributed by atoms with Crippen molar-refractivity contribution in [1.82, 2.24) is 24.6 Å². The van der Waals surface area contributed by atoms with Crippen molar-refractivity contribution in [2.75, 3.05) is 25.2 Å². The third-order valence-corrected chi connectivity index (χ3v) is 4.35. The third-order valence-electron chi connectivity index (χ3n) is 3.43. The van der Waals surface area contributed by atoms with Crippen LogP contribution >= 0.6 is 11.3 Å². The fraction of sp³-hybridized carbons (Fsp3) is 0.429. The molecule has 0 aliphatic carbocycles. The second-order valence-corrected chi connectivity index (χ2v) is 5.94. The Hall–Kier alpha value is -2.06. The quantitative estimate of drug-likeness (QED) is 0.691. The van der Waals surface area contributed by atoms with Gasteiger partial charge in [-0.25, -0.2) is 9.97 Å². The smallest absolute Gasteiger partial charge is 0.254 e. The zero-order valence-corrected chi connectivity index (χ0v) is 13.7. The van der Waals surface area contributed by atoms with Crippen LogP contribution in [0.25, 0.3) is 5.78 Å². The molecule has 0 fully saturated rings. The minimum atomic E-state index is 0.610. The van der Waals surface area contributed by atoms with Gasteiger partial charge in [-0.05, 0) is 13.8 Å². The van der Waals surface area contributed by atoms with Gasteiger partial charge in [0.05, 0.1) is 24.4 Å². The highest BCUT2D eigenvalue weighted by atomic mass is 32.1. The average Bonchev–Trinajstić information content (AvgIpc) is 3.11. The summed E-state index contributed by atoms with van der Waals surface area (Å²) in [5, 5.41) is 4.29. The van der Waals surface area contributed by atoms with Gasteiger partial charge in [0.2, 0.25) is 0 Å². The first-order valence-electron chi connectivity index (χ1n) is 6.99. The van der Waals surface area contributed by atoms with Crippen LogP contribution in [0.1, 0.15) is 16.3 Å². The second-order valence-electron chi connectivity index (χ2n) is 5.00. The van der Waals surface area contributed by atoms with Gasteiger partial charge in [-0.1, -0.05) is 0 Å². The largest absolute Gasteiger partial charge is 0.383 e. The average molecular weight is 318 g/mol. The number of ether oxygens (including phenoxy) is 1. The summed E-state index contributed by atoms with van der Waals surface area (Å²) in [4.78, 5) is 16.4. The van der Waals surface area contributed by atoms with E-state index in [1.807, 2.05) is 25.4 Å². The molecule has 0 aliphatic rings. The minimum Gasteiger partial charge on any atom is -0.383 e. The molecule has 0 saturated carbocycles. The number of nitrogens with zero attached hydrogens (tertiary/aromatic N) is 6. The maximum Gasteiger partial charge on any atom is 0.254 e. The molecule has 0 unspecified atom stereocenters. The molecule has 7 nitrogen and oxygen atoms in total. The summed E-state index contributed by atoms with van der Waals surface area (Å²) >= 11 is 1.66. The van der Waals surface area contributed by atoms with Crippen LogP contribution in [0.3, 0.4) is 0 Å². The Balaban J connectivity index is 2.00. The topological polar surface area (TPSA) is 68.4 Å². The van der Waals surface area contributed by atoms with Gasteiger partial charge in [0.15, 0.2) is 0 Å². The molecule has 0 radical (unpaired) electrons. The molecule has 3 rings (SSSR count). The van der Waals surface area contributed by atoms with E-state index in [2.05, 4.69) is 25.0 Å². The molecule has 116 valence electrons. The van der Waals surface area contributed by atoms with Gasteiger partial charge in [0, 0.05) is 30.3 Å². The number of aromatic nitrogens is 5. The van der Waals surface area contributed by atoms with Crippen molar-refractivity contribution >= 4 is 22.9 Å². The van der Waals surface area contributed by atoms with Crippen molar-refractivity contribution in [3.63, 3.8) is 0 Å². The lowest BCUT2D eigenvalue weighted by atomic mass is 10.3. The highest BCUT2D eigenvalue weighted by Gasteiger charge is 2.15. The molecule has 3 aromatic heterocycles. The monoisotopic (exact) mass is 318 g/mol. The maximum absolute atomic E-state index is 5.25. The van der Waals surface area contributed by atoms with Gasteiger partial charge in [-0.3, -0.25) is 0 Å². The lowest BCUT2D eigenvalue weighted by Gasteiger charge is -2.24. The molecule has 3 aromatic rings. The minimum absolute atomic E-state index is 0.610. The normalized spacial score (nSPS) is 11.2. The number of hydrogen-bond donors (Lipinski definition) is 0. The number of fused-ring (bicyclic) bond motifs is 1. The van der Waals surface area contributed by atoms with Crippen molar-refractivity contribution in [2.24, 2.45) is 0 Å². The molecule has 22 heavy (non-hydrogen) atoms. The zero-order chi connectivity index (χ0) is 15.5. The van der Waals surface area contributed by atoms with Gasteiger partial charge in [0.25, 0.3) is 5.78 Å². The van der Waals surface area contributed by atoms with Crippen LogP contribution in [-0.4, -0.2) is 44.8 Å². The summed E-state index contributed by atoms with van der Waals surface area (Å²) in [6, 6.07) is 2.02. The van der Waals surface area contributed by atoms with Crippen LogP contribution in [0.2, 0.25) is 0 Å². The van der Waals surface area contributed by atoms with Crippen LogP contribution in [0.15, 0.2) is 17.9 Å². The summed E-state index contributed by atoms with van der Waals surface area (Å²) in [5.41, 5.74) is 3.86. The highest BCUT2D eigenvalue weighted by Crippen LogP contribution is 2.21. The molecular formula is C14H18N6OS. The van der Waals surface area contributed by atoms with E-state index in [0.29, 0.717) is 12.4 Å². The SMILES string of the molecule is COCCN(Cc1scnc1C)c1cc(C)nc2ncnn12. The second kappa shape index (κ2) is 6.37. The van der Waals surface area contributed by atoms with Crippen molar-refractivity contribution in [2.45, 2.75) is 20.4 Å². The van der Waals surface area contributed by atoms with Crippen molar-refractivity contribution in [1.29, 1.82) is 0 Å². The van der Waals surface area contributed by atoms with E-state index < -0.39 is 0 Å². The zero-order valence-electron chi connectivity index (χ0n) is 12.9. The Kier molecular flexibility index (Phi) is 4.30. The number of thiazole rings is 1. The van der Waals surface area contributed by atoms with Crippen LogP contribution < -0.4 is 4.90 Å². The van der Waals surface area contributed by atoms with E-state index in [-0.39, 0.29) is 0 Å². The molecule has 0 aliphatic heterocycles. The van der Waals surface area contributed by atoms with Crippen LogP contribution in [0, 0.1) is 13.8 Å². The van der Waals surface area contributed by atoms with E-state index in [4.69, 9.17) is 4.74 Å². The molecule has 0 spiro atoms. The lowest BCUT2D eigenvalue weighted by Crippen LogP contribution is -2.29.